The fourth-order valence-electron chi connectivity index (χ4n) is 3.78. The second kappa shape index (κ2) is 9.17. The number of hydrogen-bond acceptors (Lipinski definition) is 5. The Bertz CT molecular complexity index is 895. The maximum atomic E-state index is 12.5. The zero-order chi connectivity index (χ0) is 20.9. The van der Waals surface area contributed by atoms with Gasteiger partial charge in [-0.05, 0) is 36.8 Å². The van der Waals surface area contributed by atoms with Gasteiger partial charge in [0.1, 0.15) is 13.2 Å². The molecule has 0 saturated carbocycles. The van der Waals surface area contributed by atoms with Crippen molar-refractivity contribution in [2.75, 3.05) is 45.9 Å². The molecule has 2 aliphatic rings. The van der Waals surface area contributed by atoms with E-state index in [0.717, 1.165) is 17.1 Å². The van der Waals surface area contributed by atoms with E-state index in [-0.39, 0.29) is 17.9 Å². The van der Waals surface area contributed by atoms with Crippen LogP contribution in [0.25, 0.3) is 0 Å². The Morgan fingerprint density at radius 3 is 2.40 bits per heavy atom. The molecule has 7 nitrogen and oxygen atoms in total. The van der Waals surface area contributed by atoms with Crippen LogP contribution >= 0.6 is 0 Å². The van der Waals surface area contributed by atoms with Crippen molar-refractivity contribution >= 4 is 11.8 Å². The summed E-state index contributed by atoms with van der Waals surface area (Å²) in [5, 5.41) is 3.05. The molecule has 4 rings (SSSR count). The normalized spacial score (nSPS) is 17.3. The summed E-state index contributed by atoms with van der Waals surface area (Å²) in [7, 11) is 0. The van der Waals surface area contributed by atoms with Crippen molar-refractivity contribution in [1.82, 2.24) is 15.1 Å². The van der Waals surface area contributed by atoms with E-state index in [1.54, 1.807) is 0 Å². The number of fused-ring (bicyclic) bond motifs is 1. The first-order valence-electron chi connectivity index (χ1n) is 10.4. The lowest BCUT2D eigenvalue weighted by Gasteiger charge is -2.34. The third-order valence-electron chi connectivity index (χ3n) is 5.49. The second-order valence-corrected chi connectivity index (χ2v) is 7.63. The molecule has 0 unspecified atom stereocenters. The second-order valence-electron chi connectivity index (χ2n) is 7.63. The summed E-state index contributed by atoms with van der Waals surface area (Å²) in [5.41, 5.74) is 1.68. The molecule has 2 heterocycles. The van der Waals surface area contributed by atoms with Crippen molar-refractivity contribution in [3.8, 4) is 11.5 Å². The molecule has 1 N–H and O–H groups in total. The van der Waals surface area contributed by atoms with Gasteiger partial charge in [-0.1, -0.05) is 24.3 Å². The third-order valence-corrected chi connectivity index (χ3v) is 5.49. The molecule has 1 fully saturated rings. The molecule has 2 aromatic carbocycles. The van der Waals surface area contributed by atoms with Crippen LogP contribution in [0.5, 0.6) is 11.5 Å². The number of hydrogen-bond donors (Lipinski definition) is 1. The minimum absolute atomic E-state index is 0.0276. The smallest absolute Gasteiger partial charge is 0.253 e. The highest BCUT2D eigenvalue weighted by Crippen LogP contribution is 2.32. The van der Waals surface area contributed by atoms with Crippen LogP contribution < -0.4 is 14.8 Å². The molecule has 30 heavy (non-hydrogen) atoms. The molecular weight excluding hydrogens is 382 g/mol. The molecule has 1 saturated heterocycles. The third kappa shape index (κ3) is 4.74. The number of piperazine rings is 1. The molecular formula is C23H27N3O4. The van der Waals surface area contributed by atoms with E-state index < -0.39 is 0 Å². The monoisotopic (exact) mass is 409 g/mol. The van der Waals surface area contributed by atoms with Crippen molar-refractivity contribution in [3.05, 3.63) is 59.7 Å². The molecule has 0 aliphatic carbocycles. The van der Waals surface area contributed by atoms with E-state index in [9.17, 15) is 9.59 Å². The van der Waals surface area contributed by atoms with Gasteiger partial charge in [0.2, 0.25) is 5.91 Å². The summed E-state index contributed by atoms with van der Waals surface area (Å²) in [6.07, 6.45) is 0. The van der Waals surface area contributed by atoms with Gasteiger partial charge in [0.05, 0.1) is 12.6 Å². The molecule has 158 valence electrons. The highest BCUT2D eigenvalue weighted by Gasteiger charge is 2.24. The summed E-state index contributed by atoms with van der Waals surface area (Å²) in [4.78, 5) is 29.0. The Labute approximate surface area is 176 Å². The van der Waals surface area contributed by atoms with Gasteiger partial charge >= 0.3 is 0 Å². The van der Waals surface area contributed by atoms with E-state index in [4.69, 9.17) is 9.47 Å². The van der Waals surface area contributed by atoms with Gasteiger partial charge in [-0.15, -0.1) is 0 Å². The van der Waals surface area contributed by atoms with Gasteiger partial charge in [-0.2, -0.15) is 0 Å². The predicted molar refractivity (Wildman–Crippen MR) is 113 cm³/mol. The lowest BCUT2D eigenvalue weighted by atomic mass is 10.1. The lowest BCUT2D eigenvalue weighted by molar-refractivity contribution is -0.123. The van der Waals surface area contributed by atoms with Crippen molar-refractivity contribution in [2.45, 2.75) is 13.0 Å². The lowest BCUT2D eigenvalue weighted by Crippen LogP contribution is -2.51. The summed E-state index contributed by atoms with van der Waals surface area (Å²) in [6, 6.07) is 14.9. The topological polar surface area (TPSA) is 71.1 Å². The van der Waals surface area contributed by atoms with Crippen LogP contribution in [0.15, 0.2) is 48.5 Å². The van der Waals surface area contributed by atoms with Gasteiger partial charge in [0, 0.05) is 31.7 Å². The molecule has 0 radical (unpaired) electrons. The number of rotatable bonds is 5. The van der Waals surface area contributed by atoms with Crippen LogP contribution in [0.3, 0.4) is 0 Å². The van der Waals surface area contributed by atoms with Gasteiger partial charge in [-0.3, -0.25) is 14.5 Å². The van der Waals surface area contributed by atoms with E-state index in [0.29, 0.717) is 51.5 Å². The number of nitrogens with zero attached hydrogens (tertiary/aromatic N) is 2. The van der Waals surface area contributed by atoms with Crippen LogP contribution in [-0.4, -0.2) is 67.6 Å². The predicted octanol–water partition coefficient (Wildman–Crippen LogP) is 2.09. The summed E-state index contributed by atoms with van der Waals surface area (Å²) in [6.45, 7) is 5.99. The first-order valence-corrected chi connectivity index (χ1v) is 10.4. The summed E-state index contributed by atoms with van der Waals surface area (Å²) in [5.74, 6) is 1.48. The minimum Gasteiger partial charge on any atom is -0.486 e. The highest BCUT2D eigenvalue weighted by molar-refractivity contribution is 5.94. The number of nitrogens with one attached hydrogen (secondary N) is 1. The number of ether oxygens (including phenoxy) is 2. The Morgan fingerprint density at radius 2 is 1.67 bits per heavy atom. The molecule has 2 aliphatic heterocycles. The van der Waals surface area contributed by atoms with E-state index in [2.05, 4.69) is 10.2 Å². The van der Waals surface area contributed by atoms with E-state index in [1.165, 1.54) is 0 Å². The van der Waals surface area contributed by atoms with Crippen molar-refractivity contribution in [2.24, 2.45) is 0 Å². The zero-order valence-electron chi connectivity index (χ0n) is 17.2. The van der Waals surface area contributed by atoms with Gasteiger partial charge in [0.15, 0.2) is 11.5 Å². The van der Waals surface area contributed by atoms with Gasteiger partial charge in [-0.25, -0.2) is 0 Å². The van der Waals surface area contributed by atoms with Crippen LogP contribution in [0.1, 0.15) is 28.9 Å². The highest BCUT2D eigenvalue weighted by atomic mass is 16.6. The van der Waals surface area contributed by atoms with Gasteiger partial charge in [0.25, 0.3) is 5.91 Å². The standard InChI is InChI=1S/C23H27N3O4/c1-17(19-7-8-20-21(15-19)30-14-13-29-20)24-22(27)16-25-9-11-26(12-10-25)23(28)18-5-3-2-4-6-18/h2-8,15,17H,9-14,16H2,1H3,(H,24,27)/t17-/m1/s1. The Morgan fingerprint density at radius 1 is 0.967 bits per heavy atom. The first-order chi connectivity index (χ1) is 14.6. The van der Waals surface area contributed by atoms with E-state index >= 15 is 0 Å². The summed E-state index contributed by atoms with van der Waals surface area (Å²) < 4.78 is 11.2. The molecule has 0 spiro atoms. The fraction of sp³-hybridized carbons (Fsp3) is 0.391. The van der Waals surface area contributed by atoms with Crippen LogP contribution in [0, 0.1) is 0 Å². The number of carbonyl (C=O) groups excluding carboxylic acids is 2. The van der Waals surface area contributed by atoms with Crippen LogP contribution in [0.2, 0.25) is 0 Å². The number of amides is 2. The van der Waals surface area contributed by atoms with Gasteiger partial charge < -0.3 is 19.7 Å². The molecule has 2 amide bonds. The number of benzene rings is 2. The molecule has 1 atom stereocenters. The molecule has 7 heteroatoms. The molecule has 0 aromatic heterocycles. The average Bonchev–Trinajstić information content (AvgIpc) is 2.79. The Kier molecular flexibility index (Phi) is 6.18. The zero-order valence-corrected chi connectivity index (χ0v) is 17.2. The summed E-state index contributed by atoms with van der Waals surface area (Å²) >= 11 is 0. The van der Waals surface area contributed by atoms with Crippen LogP contribution in [-0.2, 0) is 4.79 Å². The first kappa shape index (κ1) is 20.2. The molecule has 2 aromatic rings. The Hall–Kier alpha value is -3.06. The largest absolute Gasteiger partial charge is 0.486 e. The van der Waals surface area contributed by atoms with Crippen LogP contribution in [0.4, 0.5) is 0 Å². The maximum absolute atomic E-state index is 12.5. The maximum Gasteiger partial charge on any atom is 0.253 e. The SMILES string of the molecule is C[C@@H](NC(=O)CN1CCN(C(=O)c2ccccc2)CC1)c1ccc2c(c1)OCCO2. The quantitative estimate of drug-likeness (QED) is 0.819. The number of carbonyl (C=O) groups is 2. The van der Waals surface area contributed by atoms with Crippen molar-refractivity contribution in [3.63, 3.8) is 0 Å². The van der Waals surface area contributed by atoms with Crippen molar-refractivity contribution < 1.29 is 19.1 Å². The fourth-order valence-corrected chi connectivity index (χ4v) is 3.78. The Balaban J connectivity index is 1.25. The minimum atomic E-state index is -0.130. The molecule has 0 bridgehead atoms. The average molecular weight is 409 g/mol. The van der Waals surface area contributed by atoms with Crippen molar-refractivity contribution in [1.29, 1.82) is 0 Å². The van der Waals surface area contributed by atoms with E-state index in [1.807, 2.05) is 60.4 Å².